The fraction of sp³-hybridized carbons (Fsp3) is 0.250. The van der Waals surface area contributed by atoms with Crippen LogP contribution in [0, 0.1) is 0 Å². The van der Waals surface area contributed by atoms with Crippen LogP contribution in [0.4, 0.5) is 5.69 Å². The van der Waals surface area contributed by atoms with Gasteiger partial charge in [-0.15, -0.1) is 0 Å². The smallest absolute Gasteiger partial charge is 0.242 e. The number of rotatable bonds is 5. The normalized spacial score (nSPS) is 12.6. The van der Waals surface area contributed by atoms with Crippen molar-refractivity contribution >= 4 is 41.7 Å². The molecule has 1 aromatic rings. The number of nitrogens with two attached hydrogens (primary N) is 2. The van der Waals surface area contributed by atoms with Crippen molar-refractivity contribution in [1.29, 1.82) is 0 Å². The number of benzene rings is 1. The summed E-state index contributed by atoms with van der Waals surface area (Å²) >= 11 is 3.15. The van der Waals surface area contributed by atoms with Gasteiger partial charge in [-0.05, 0) is 18.2 Å². The van der Waals surface area contributed by atoms with Gasteiger partial charge in [0.1, 0.15) is 4.90 Å². The summed E-state index contributed by atoms with van der Waals surface area (Å²) in [7, 11) is -7.56. The molecule has 0 radical (unpaired) electrons. The third-order valence-corrected chi connectivity index (χ3v) is 4.74. The molecule has 0 amide bonds. The molecule has 0 saturated carbocycles. The first kappa shape index (κ1) is 15.4. The molecule has 1 aromatic carbocycles. The van der Waals surface area contributed by atoms with Crippen LogP contribution < -0.4 is 15.6 Å². The van der Waals surface area contributed by atoms with Gasteiger partial charge in [-0.2, -0.15) is 0 Å². The molecule has 5 N–H and O–H groups in total. The Hall–Kier alpha value is -0.680. The minimum absolute atomic E-state index is 0.0625. The average Bonchev–Trinajstić information content (AvgIpc) is 2.13. The third-order valence-electron chi connectivity index (χ3n) is 1.94. The molecule has 1 rings (SSSR count). The van der Waals surface area contributed by atoms with Gasteiger partial charge in [0.25, 0.3) is 0 Å². The van der Waals surface area contributed by atoms with Crippen LogP contribution in [0.1, 0.15) is 0 Å². The molecule has 0 atom stereocenters. The lowest BCUT2D eigenvalue weighted by Crippen LogP contribution is -2.31. The zero-order chi connectivity index (χ0) is 14.0. The summed E-state index contributed by atoms with van der Waals surface area (Å²) in [5.41, 5.74) is 5.64. The molecule has 102 valence electrons. The van der Waals surface area contributed by atoms with Crippen molar-refractivity contribution in [3.8, 4) is 0 Å². The van der Waals surface area contributed by atoms with Gasteiger partial charge in [-0.25, -0.2) is 26.7 Å². The number of primary sulfonamides is 1. The van der Waals surface area contributed by atoms with E-state index in [1.54, 1.807) is 0 Å². The van der Waals surface area contributed by atoms with E-state index in [1.807, 2.05) is 0 Å². The van der Waals surface area contributed by atoms with Gasteiger partial charge in [-0.1, -0.05) is 15.9 Å². The molecular formula is C8H12BrN3O4S2. The molecular weight excluding hydrogens is 346 g/mol. The van der Waals surface area contributed by atoms with Crippen LogP contribution in [0.2, 0.25) is 0 Å². The van der Waals surface area contributed by atoms with Crippen LogP contribution in [-0.2, 0) is 20.0 Å². The van der Waals surface area contributed by atoms with Crippen molar-refractivity contribution in [2.45, 2.75) is 4.90 Å². The highest BCUT2D eigenvalue weighted by atomic mass is 79.9. The van der Waals surface area contributed by atoms with Gasteiger partial charge in [0.2, 0.25) is 20.0 Å². The molecule has 0 bridgehead atoms. The Labute approximate surface area is 114 Å². The van der Waals surface area contributed by atoms with Crippen LogP contribution >= 0.6 is 15.9 Å². The van der Waals surface area contributed by atoms with E-state index in [2.05, 4.69) is 20.7 Å². The maximum Gasteiger partial charge on any atom is 0.242 e. The Kier molecular flexibility index (Phi) is 4.72. The minimum atomic E-state index is -3.85. The number of hydrogen-bond acceptors (Lipinski definition) is 5. The van der Waals surface area contributed by atoms with Crippen LogP contribution in [-0.4, -0.2) is 29.1 Å². The van der Waals surface area contributed by atoms with E-state index < -0.39 is 25.8 Å². The summed E-state index contributed by atoms with van der Waals surface area (Å²) in [4.78, 5) is -0.111. The molecule has 10 heteroatoms. The van der Waals surface area contributed by atoms with Gasteiger partial charge in [-0.3, -0.25) is 0 Å². The van der Waals surface area contributed by atoms with E-state index >= 15 is 0 Å². The highest BCUT2D eigenvalue weighted by molar-refractivity contribution is 9.10. The van der Waals surface area contributed by atoms with Gasteiger partial charge in [0.15, 0.2) is 0 Å². The first-order valence-electron chi connectivity index (χ1n) is 4.67. The summed E-state index contributed by atoms with van der Waals surface area (Å²) in [6.07, 6.45) is 0. The van der Waals surface area contributed by atoms with Crippen molar-refractivity contribution in [2.75, 3.05) is 18.0 Å². The second kappa shape index (κ2) is 5.53. The van der Waals surface area contributed by atoms with E-state index in [-0.39, 0.29) is 17.1 Å². The second-order valence-corrected chi connectivity index (χ2v) is 7.83. The quantitative estimate of drug-likeness (QED) is 0.616. The summed E-state index contributed by atoms with van der Waals surface area (Å²) < 4.78 is 47.7. The molecule has 0 spiro atoms. The summed E-state index contributed by atoms with van der Waals surface area (Å²) in [5, 5.41) is 4.76. The third kappa shape index (κ3) is 4.53. The lowest BCUT2D eigenvalue weighted by molar-refractivity contribution is 0.581. The van der Waals surface area contributed by atoms with Gasteiger partial charge in [0, 0.05) is 11.0 Å². The van der Waals surface area contributed by atoms with Crippen molar-refractivity contribution in [1.82, 2.24) is 4.72 Å². The fourth-order valence-electron chi connectivity index (χ4n) is 1.16. The maximum absolute atomic E-state index is 11.8. The molecule has 0 aliphatic rings. The fourth-order valence-corrected chi connectivity index (χ4v) is 3.20. The van der Waals surface area contributed by atoms with Gasteiger partial charge >= 0.3 is 0 Å². The molecule has 0 aromatic heterocycles. The van der Waals surface area contributed by atoms with Crippen LogP contribution in [0.25, 0.3) is 0 Å². The minimum Gasteiger partial charge on any atom is -0.398 e. The topological polar surface area (TPSA) is 132 Å². The lowest BCUT2D eigenvalue weighted by atomic mass is 10.3. The summed E-state index contributed by atoms with van der Waals surface area (Å²) in [6.45, 7) is -0.309. The maximum atomic E-state index is 11.8. The van der Waals surface area contributed by atoms with Crippen molar-refractivity contribution in [3.05, 3.63) is 22.7 Å². The van der Waals surface area contributed by atoms with E-state index in [0.717, 1.165) is 0 Å². The number of hydrogen-bond donors (Lipinski definition) is 3. The molecule has 0 fully saturated rings. The summed E-state index contributed by atoms with van der Waals surface area (Å²) in [6, 6.07) is 4.28. The van der Waals surface area contributed by atoms with Crippen LogP contribution in [0.15, 0.2) is 27.6 Å². The van der Waals surface area contributed by atoms with E-state index in [0.29, 0.717) is 4.47 Å². The monoisotopic (exact) mass is 357 g/mol. The van der Waals surface area contributed by atoms with Crippen molar-refractivity contribution in [3.63, 3.8) is 0 Å². The van der Waals surface area contributed by atoms with E-state index in [9.17, 15) is 16.8 Å². The highest BCUT2D eigenvalue weighted by Crippen LogP contribution is 2.22. The molecule has 0 aliphatic heterocycles. The number of nitrogen functional groups attached to an aromatic ring is 1. The van der Waals surface area contributed by atoms with Crippen molar-refractivity contribution in [2.24, 2.45) is 5.14 Å². The predicted molar refractivity (Wildman–Crippen MR) is 71.7 cm³/mol. The van der Waals surface area contributed by atoms with Crippen LogP contribution in [0.3, 0.4) is 0 Å². The first-order valence-corrected chi connectivity index (χ1v) is 8.66. The van der Waals surface area contributed by atoms with Gasteiger partial charge in [0.05, 0.1) is 11.4 Å². The van der Waals surface area contributed by atoms with E-state index in [1.165, 1.54) is 18.2 Å². The number of nitrogens with one attached hydrogen (secondary N) is 1. The van der Waals surface area contributed by atoms with Crippen molar-refractivity contribution < 1.29 is 16.8 Å². The molecule has 7 nitrogen and oxygen atoms in total. The molecule has 0 unspecified atom stereocenters. The molecule has 0 aliphatic carbocycles. The molecule has 0 saturated heterocycles. The second-order valence-electron chi connectivity index (χ2n) is 3.45. The average molecular weight is 358 g/mol. The van der Waals surface area contributed by atoms with Crippen LogP contribution in [0.5, 0.6) is 0 Å². The lowest BCUT2D eigenvalue weighted by Gasteiger charge is -2.08. The Morgan fingerprint density at radius 1 is 1.22 bits per heavy atom. The van der Waals surface area contributed by atoms with Gasteiger partial charge < -0.3 is 5.73 Å². The standard InChI is InChI=1S/C8H12BrN3O4S2/c9-6-1-2-8(7(10)5-6)18(15,16)12-3-4-17(11,13)14/h1-2,5,12H,3-4,10H2,(H2,11,13,14). The molecule has 18 heavy (non-hydrogen) atoms. The largest absolute Gasteiger partial charge is 0.398 e. The molecule has 0 heterocycles. The zero-order valence-electron chi connectivity index (χ0n) is 9.13. The number of halogens is 1. The zero-order valence-corrected chi connectivity index (χ0v) is 12.3. The predicted octanol–water partition coefficient (Wildman–Crippen LogP) is -0.402. The Morgan fingerprint density at radius 2 is 1.83 bits per heavy atom. The Balaban J connectivity index is 2.87. The first-order chi connectivity index (χ1) is 8.12. The SMILES string of the molecule is Nc1cc(Br)ccc1S(=O)(=O)NCCS(N)(=O)=O. The number of sulfonamides is 2. The Bertz CT molecular complexity index is 642. The highest BCUT2D eigenvalue weighted by Gasteiger charge is 2.17. The Morgan fingerprint density at radius 3 is 2.33 bits per heavy atom. The summed E-state index contributed by atoms with van der Waals surface area (Å²) in [5.74, 6) is -0.483. The number of anilines is 1. The van der Waals surface area contributed by atoms with E-state index in [4.69, 9.17) is 10.9 Å².